The number of halogens is 1. The summed E-state index contributed by atoms with van der Waals surface area (Å²) >= 11 is 0. The van der Waals surface area contributed by atoms with Crippen molar-refractivity contribution in [3.8, 4) is 0 Å². The van der Waals surface area contributed by atoms with E-state index in [0.717, 1.165) is 13.1 Å². The summed E-state index contributed by atoms with van der Waals surface area (Å²) in [6, 6.07) is 0. The number of rotatable bonds is 3. The van der Waals surface area contributed by atoms with E-state index in [0.29, 0.717) is 19.4 Å². The smallest absolute Gasteiger partial charge is 0.138 e. The maximum absolute atomic E-state index is 12.9. The molecule has 0 aliphatic carbocycles. The van der Waals surface area contributed by atoms with Crippen molar-refractivity contribution < 1.29 is 14.6 Å². The highest BCUT2D eigenvalue weighted by atomic mass is 19.1. The Balaban J connectivity index is 2.21. The summed E-state index contributed by atoms with van der Waals surface area (Å²) in [5.41, 5.74) is 0. The van der Waals surface area contributed by atoms with Crippen LogP contribution in [0.4, 0.5) is 4.39 Å². The first kappa shape index (κ1) is 9.89. The molecule has 0 spiro atoms. The number of piperidine rings is 1. The van der Waals surface area contributed by atoms with E-state index in [2.05, 4.69) is 0 Å². The summed E-state index contributed by atoms with van der Waals surface area (Å²) in [6.45, 7) is 1.92. The van der Waals surface area contributed by atoms with Gasteiger partial charge in [0.25, 0.3) is 0 Å². The van der Waals surface area contributed by atoms with Crippen molar-refractivity contribution in [2.45, 2.75) is 25.1 Å². The second-order valence-electron chi connectivity index (χ2n) is 3.25. The Labute approximate surface area is 71.8 Å². The van der Waals surface area contributed by atoms with E-state index in [1.807, 2.05) is 4.90 Å². The fourth-order valence-corrected chi connectivity index (χ4v) is 1.45. The minimum atomic E-state index is -1.11. The van der Waals surface area contributed by atoms with Gasteiger partial charge in [0.2, 0.25) is 0 Å². The van der Waals surface area contributed by atoms with Gasteiger partial charge in [-0.25, -0.2) is 4.39 Å². The zero-order valence-corrected chi connectivity index (χ0v) is 7.12. The Hall–Kier alpha value is -0.190. The molecular formula is C8H16FNO2. The van der Waals surface area contributed by atoms with Crippen LogP contribution in [-0.2, 0) is 0 Å². The molecule has 1 aliphatic rings. The molecule has 4 heteroatoms. The summed E-state index contributed by atoms with van der Waals surface area (Å²) in [6.07, 6.45) is -0.706. The molecule has 1 fully saturated rings. The molecule has 72 valence electrons. The summed E-state index contributed by atoms with van der Waals surface area (Å²) in [7, 11) is 0. The van der Waals surface area contributed by atoms with Crippen LogP contribution in [0.2, 0.25) is 0 Å². The van der Waals surface area contributed by atoms with Gasteiger partial charge in [0, 0.05) is 26.2 Å². The zero-order valence-electron chi connectivity index (χ0n) is 7.12. The molecule has 0 aromatic rings. The Bertz CT molecular complexity index is 132. The van der Waals surface area contributed by atoms with Crippen molar-refractivity contribution in [3.05, 3.63) is 0 Å². The highest BCUT2D eigenvalue weighted by molar-refractivity contribution is 4.79. The first-order valence-corrected chi connectivity index (χ1v) is 4.39. The lowest BCUT2D eigenvalue weighted by atomic mass is 10.1. The number of hydrogen-bond acceptors (Lipinski definition) is 3. The first-order chi connectivity index (χ1) is 5.74. The van der Waals surface area contributed by atoms with E-state index < -0.39 is 12.3 Å². The van der Waals surface area contributed by atoms with Crippen molar-refractivity contribution in [1.29, 1.82) is 0 Å². The van der Waals surface area contributed by atoms with Crippen molar-refractivity contribution >= 4 is 0 Å². The molecule has 1 rings (SSSR count). The van der Waals surface area contributed by atoms with E-state index in [1.165, 1.54) is 0 Å². The summed E-state index contributed by atoms with van der Waals surface area (Å²) in [5.74, 6) is 0. The second kappa shape index (κ2) is 4.74. The number of aliphatic hydroxyl groups excluding tert-OH is 2. The van der Waals surface area contributed by atoms with Crippen LogP contribution < -0.4 is 0 Å². The van der Waals surface area contributed by atoms with Crippen molar-refractivity contribution in [2.24, 2.45) is 0 Å². The topological polar surface area (TPSA) is 43.7 Å². The molecule has 1 saturated heterocycles. The Morgan fingerprint density at radius 2 is 2.25 bits per heavy atom. The number of aliphatic hydroxyl groups is 2. The fourth-order valence-electron chi connectivity index (χ4n) is 1.45. The van der Waals surface area contributed by atoms with Crippen LogP contribution in [-0.4, -0.2) is 53.6 Å². The number of nitrogens with zero attached hydrogens (tertiary/aromatic N) is 1. The van der Waals surface area contributed by atoms with E-state index in [4.69, 9.17) is 10.2 Å². The molecule has 0 radical (unpaired) electrons. The molecule has 2 N–H and O–H groups in total. The summed E-state index contributed by atoms with van der Waals surface area (Å²) in [5, 5.41) is 17.6. The lowest BCUT2D eigenvalue weighted by Crippen LogP contribution is -2.44. The molecule has 2 atom stereocenters. The third-order valence-corrected chi connectivity index (χ3v) is 2.22. The maximum Gasteiger partial charge on any atom is 0.138 e. The molecule has 0 aromatic carbocycles. The third-order valence-electron chi connectivity index (χ3n) is 2.22. The molecule has 1 aliphatic heterocycles. The molecule has 0 amide bonds. The summed E-state index contributed by atoms with van der Waals surface area (Å²) in [4.78, 5) is 1.94. The average Bonchev–Trinajstić information content (AvgIpc) is 2.07. The predicted octanol–water partition coefficient (Wildman–Crippen LogP) is -0.227. The molecule has 0 bridgehead atoms. The lowest BCUT2D eigenvalue weighted by Gasteiger charge is -2.31. The van der Waals surface area contributed by atoms with Gasteiger partial charge in [-0.05, 0) is 12.8 Å². The molecule has 12 heavy (non-hydrogen) atoms. The highest BCUT2D eigenvalue weighted by Crippen LogP contribution is 2.13. The van der Waals surface area contributed by atoms with Gasteiger partial charge in [0.1, 0.15) is 6.17 Å². The normalized spacial score (nSPS) is 32.2. The second-order valence-corrected chi connectivity index (χ2v) is 3.25. The van der Waals surface area contributed by atoms with E-state index in [9.17, 15) is 4.39 Å². The third kappa shape index (κ3) is 2.69. The van der Waals surface area contributed by atoms with E-state index in [1.54, 1.807) is 0 Å². The van der Waals surface area contributed by atoms with Crippen molar-refractivity contribution in [2.75, 3.05) is 26.2 Å². The molecule has 0 aromatic heterocycles. The SMILES string of the molecule is OCCCN1CC[C@H](O)C(F)C1. The quantitative estimate of drug-likeness (QED) is 0.626. The predicted molar refractivity (Wildman–Crippen MR) is 43.7 cm³/mol. The fraction of sp³-hybridized carbons (Fsp3) is 1.00. The molecule has 1 heterocycles. The first-order valence-electron chi connectivity index (χ1n) is 4.39. The largest absolute Gasteiger partial charge is 0.396 e. The number of alkyl halides is 1. The van der Waals surface area contributed by atoms with Crippen LogP contribution in [0, 0.1) is 0 Å². The Morgan fingerprint density at radius 1 is 1.50 bits per heavy atom. The van der Waals surface area contributed by atoms with Crippen molar-refractivity contribution in [1.82, 2.24) is 4.90 Å². The minimum Gasteiger partial charge on any atom is -0.396 e. The van der Waals surface area contributed by atoms with E-state index in [-0.39, 0.29) is 6.61 Å². The van der Waals surface area contributed by atoms with Crippen LogP contribution in [0.15, 0.2) is 0 Å². The van der Waals surface area contributed by atoms with Gasteiger partial charge >= 0.3 is 0 Å². The molecule has 0 saturated carbocycles. The van der Waals surface area contributed by atoms with Gasteiger partial charge in [-0.3, -0.25) is 0 Å². The zero-order chi connectivity index (χ0) is 8.97. The summed E-state index contributed by atoms with van der Waals surface area (Å²) < 4.78 is 12.9. The minimum absolute atomic E-state index is 0.149. The lowest BCUT2D eigenvalue weighted by molar-refractivity contribution is 0.00516. The van der Waals surface area contributed by atoms with Gasteiger partial charge in [-0.2, -0.15) is 0 Å². The molecule has 3 nitrogen and oxygen atoms in total. The van der Waals surface area contributed by atoms with Crippen molar-refractivity contribution in [3.63, 3.8) is 0 Å². The van der Waals surface area contributed by atoms with Gasteiger partial charge in [0.15, 0.2) is 0 Å². The molecular weight excluding hydrogens is 161 g/mol. The maximum atomic E-state index is 12.9. The van der Waals surface area contributed by atoms with Gasteiger partial charge in [-0.1, -0.05) is 0 Å². The Kier molecular flexibility index (Phi) is 3.91. The van der Waals surface area contributed by atoms with Gasteiger partial charge in [0.05, 0.1) is 6.10 Å². The Morgan fingerprint density at radius 3 is 2.83 bits per heavy atom. The molecule has 1 unspecified atom stereocenters. The van der Waals surface area contributed by atoms with E-state index >= 15 is 0 Å². The number of likely N-dealkylation sites (tertiary alicyclic amines) is 1. The average molecular weight is 177 g/mol. The van der Waals surface area contributed by atoms with Crippen LogP contribution in [0.3, 0.4) is 0 Å². The van der Waals surface area contributed by atoms with Crippen LogP contribution in [0.25, 0.3) is 0 Å². The van der Waals surface area contributed by atoms with Crippen LogP contribution in [0.1, 0.15) is 12.8 Å². The van der Waals surface area contributed by atoms with Gasteiger partial charge in [-0.15, -0.1) is 0 Å². The highest BCUT2D eigenvalue weighted by Gasteiger charge is 2.26. The standard InChI is InChI=1S/C8H16FNO2/c9-7-6-10(3-1-5-11)4-2-8(7)12/h7-8,11-12H,1-6H2/t7?,8-/m0/s1. The van der Waals surface area contributed by atoms with Crippen LogP contribution in [0.5, 0.6) is 0 Å². The monoisotopic (exact) mass is 177 g/mol. The van der Waals surface area contributed by atoms with Crippen LogP contribution >= 0.6 is 0 Å². The number of hydrogen-bond donors (Lipinski definition) is 2. The van der Waals surface area contributed by atoms with Gasteiger partial charge < -0.3 is 15.1 Å².